The van der Waals surface area contributed by atoms with Gasteiger partial charge in [-0.05, 0) is 32.3 Å². The van der Waals surface area contributed by atoms with Crippen molar-refractivity contribution >= 4 is 10.0 Å². The highest BCUT2D eigenvalue weighted by Gasteiger charge is 2.40. The van der Waals surface area contributed by atoms with Crippen LogP contribution < -0.4 is 4.72 Å². The predicted molar refractivity (Wildman–Crippen MR) is 83.1 cm³/mol. The van der Waals surface area contributed by atoms with Crippen molar-refractivity contribution < 1.29 is 12.9 Å². The Morgan fingerprint density at radius 2 is 1.91 bits per heavy atom. The van der Waals surface area contributed by atoms with Crippen LogP contribution in [-0.4, -0.2) is 20.1 Å². The normalized spacial score (nSPS) is 17.2. The molecule has 0 saturated heterocycles. The third-order valence-corrected chi connectivity index (χ3v) is 6.18. The topological polar surface area (TPSA) is 72.2 Å². The van der Waals surface area contributed by atoms with Gasteiger partial charge in [-0.25, -0.2) is 13.1 Å². The maximum Gasteiger partial charge on any atom is 0.245 e. The number of aromatic nitrogens is 1. The zero-order chi connectivity index (χ0) is 15.8. The molecular weight excluding hydrogens is 300 g/mol. The third kappa shape index (κ3) is 2.57. The Hall–Kier alpha value is -1.66. The zero-order valence-corrected chi connectivity index (χ0v) is 13.6. The second kappa shape index (κ2) is 5.52. The van der Waals surface area contributed by atoms with Gasteiger partial charge in [-0.3, -0.25) is 0 Å². The number of sulfonamides is 1. The smallest absolute Gasteiger partial charge is 0.245 e. The van der Waals surface area contributed by atoms with Crippen LogP contribution in [-0.2, 0) is 15.4 Å². The van der Waals surface area contributed by atoms with E-state index in [-0.39, 0.29) is 10.3 Å². The number of nitrogens with one attached hydrogen (secondary N) is 1. The Morgan fingerprint density at radius 1 is 1.23 bits per heavy atom. The molecule has 2 aromatic rings. The van der Waals surface area contributed by atoms with Crippen LogP contribution >= 0.6 is 0 Å². The van der Waals surface area contributed by atoms with E-state index < -0.39 is 10.0 Å². The van der Waals surface area contributed by atoms with Crippen molar-refractivity contribution in [3.05, 3.63) is 47.3 Å². The molecular formula is C16H20N2O3S. The Labute approximate surface area is 130 Å². The van der Waals surface area contributed by atoms with E-state index in [2.05, 4.69) is 22.0 Å². The molecule has 118 valence electrons. The molecule has 0 aliphatic heterocycles. The third-order valence-electron chi connectivity index (χ3n) is 4.53. The summed E-state index contributed by atoms with van der Waals surface area (Å²) in [5, 5.41) is 3.73. The minimum absolute atomic E-state index is 0.0900. The summed E-state index contributed by atoms with van der Waals surface area (Å²) in [4.78, 5) is 0.162. The molecule has 1 aromatic carbocycles. The van der Waals surface area contributed by atoms with Crippen molar-refractivity contribution in [2.45, 2.75) is 43.4 Å². The van der Waals surface area contributed by atoms with Gasteiger partial charge in [-0.2, -0.15) is 0 Å². The largest absolute Gasteiger partial charge is 0.360 e. The van der Waals surface area contributed by atoms with Gasteiger partial charge in [0.15, 0.2) is 5.76 Å². The Balaban J connectivity index is 1.82. The van der Waals surface area contributed by atoms with E-state index in [4.69, 9.17) is 4.52 Å². The molecule has 1 heterocycles. The van der Waals surface area contributed by atoms with Crippen molar-refractivity contribution in [3.8, 4) is 0 Å². The zero-order valence-electron chi connectivity index (χ0n) is 12.8. The first-order valence-corrected chi connectivity index (χ1v) is 8.91. The Bertz CT molecular complexity index is 742. The summed E-state index contributed by atoms with van der Waals surface area (Å²) in [6.45, 7) is 3.66. The van der Waals surface area contributed by atoms with E-state index in [0.29, 0.717) is 18.0 Å². The molecule has 1 aliphatic carbocycles. The van der Waals surface area contributed by atoms with E-state index >= 15 is 0 Å². The monoisotopic (exact) mass is 320 g/mol. The lowest BCUT2D eigenvalue weighted by Crippen LogP contribution is -2.45. The molecule has 1 N–H and O–H groups in total. The lowest BCUT2D eigenvalue weighted by Gasteiger charge is -2.42. The van der Waals surface area contributed by atoms with E-state index in [1.807, 2.05) is 18.2 Å². The van der Waals surface area contributed by atoms with Gasteiger partial charge in [0.2, 0.25) is 10.0 Å². The van der Waals surface area contributed by atoms with E-state index in [0.717, 1.165) is 19.3 Å². The summed E-state index contributed by atoms with van der Waals surface area (Å²) >= 11 is 0. The first kappa shape index (κ1) is 15.2. The molecule has 0 spiro atoms. The molecule has 0 amide bonds. The van der Waals surface area contributed by atoms with Crippen molar-refractivity contribution in [1.82, 2.24) is 9.88 Å². The first-order valence-electron chi connectivity index (χ1n) is 7.43. The van der Waals surface area contributed by atoms with Gasteiger partial charge in [0, 0.05) is 12.0 Å². The predicted octanol–water partition coefficient (Wildman–Crippen LogP) is 2.69. The molecule has 0 unspecified atom stereocenters. The number of benzene rings is 1. The molecule has 1 aliphatic rings. The molecule has 1 aromatic heterocycles. The SMILES string of the molecule is Cc1noc(C)c1S(=O)(=O)NCC1(c2ccccc2)CCC1. The van der Waals surface area contributed by atoms with Crippen molar-refractivity contribution in [2.24, 2.45) is 0 Å². The van der Waals surface area contributed by atoms with Gasteiger partial charge >= 0.3 is 0 Å². The van der Waals surface area contributed by atoms with E-state index in [9.17, 15) is 8.42 Å². The summed E-state index contributed by atoms with van der Waals surface area (Å²) in [6.07, 6.45) is 3.13. The van der Waals surface area contributed by atoms with Gasteiger partial charge in [0.1, 0.15) is 10.6 Å². The summed E-state index contributed by atoms with van der Waals surface area (Å²) in [5.41, 5.74) is 1.50. The fourth-order valence-corrected chi connectivity index (χ4v) is 4.58. The van der Waals surface area contributed by atoms with Gasteiger partial charge in [-0.15, -0.1) is 0 Å². The van der Waals surface area contributed by atoms with Gasteiger partial charge in [0.25, 0.3) is 0 Å². The van der Waals surface area contributed by atoms with Crippen molar-refractivity contribution in [2.75, 3.05) is 6.54 Å². The standard InChI is InChI=1S/C16H20N2O3S/c1-12-15(13(2)21-18-12)22(19,20)17-11-16(9-6-10-16)14-7-4-3-5-8-14/h3-5,7-8,17H,6,9-11H2,1-2H3. The van der Waals surface area contributed by atoms with Crippen LogP contribution in [0.1, 0.15) is 36.3 Å². The quantitative estimate of drug-likeness (QED) is 0.919. The number of nitrogens with zero attached hydrogens (tertiary/aromatic N) is 1. The summed E-state index contributed by atoms with van der Waals surface area (Å²) in [7, 11) is -3.60. The Kier molecular flexibility index (Phi) is 3.82. The van der Waals surface area contributed by atoms with E-state index in [1.54, 1.807) is 13.8 Å². The molecule has 0 radical (unpaired) electrons. The lowest BCUT2D eigenvalue weighted by molar-refractivity contribution is 0.245. The average Bonchev–Trinajstić information content (AvgIpc) is 2.79. The maximum absolute atomic E-state index is 12.5. The van der Waals surface area contributed by atoms with Gasteiger partial charge < -0.3 is 4.52 Å². The lowest BCUT2D eigenvalue weighted by atomic mass is 9.64. The van der Waals surface area contributed by atoms with Gasteiger partial charge in [0.05, 0.1) is 0 Å². The number of aryl methyl sites for hydroxylation is 2. The fourth-order valence-electron chi connectivity index (χ4n) is 3.13. The van der Waals surface area contributed by atoms with Crippen LogP contribution in [0.2, 0.25) is 0 Å². The summed E-state index contributed by atoms with van der Waals surface area (Å²) in [5.74, 6) is 0.326. The number of hydrogen-bond acceptors (Lipinski definition) is 4. The highest BCUT2D eigenvalue weighted by molar-refractivity contribution is 7.89. The van der Waals surface area contributed by atoms with Crippen LogP contribution in [0.25, 0.3) is 0 Å². The number of rotatable bonds is 5. The summed E-state index contributed by atoms with van der Waals surface area (Å²) in [6, 6.07) is 10.1. The highest BCUT2D eigenvalue weighted by Crippen LogP contribution is 2.43. The van der Waals surface area contributed by atoms with Crippen LogP contribution in [0.3, 0.4) is 0 Å². The maximum atomic E-state index is 12.5. The van der Waals surface area contributed by atoms with Gasteiger partial charge in [-0.1, -0.05) is 41.9 Å². The molecule has 1 saturated carbocycles. The Morgan fingerprint density at radius 3 is 2.41 bits per heavy atom. The molecule has 6 heteroatoms. The number of hydrogen-bond donors (Lipinski definition) is 1. The van der Waals surface area contributed by atoms with Crippen molar-refractivity contribution in [1.29, 1.82) is 0 Å². The molecule has 3 rings (SSSR count). The van der Waals surface area contributed by atoms with Crippen LogP contribution in [0.15, 0.2) is 39.8 Å². The fraction of sp³-hybridized carbons (Fsp3) is 0.438. The molecule has 22 heavy (non-hydrogen) atoms. The molecule has 0 atom stereocenters. The van der Waals surface area contributed by atoms with Crippen LogP contribution in [0, 0.1) is 13.8 Å². The van der Waals surface area contributed by atoms with Crippen molar-refractivity contribution in [3.63, 3.8) is 0 Å². The highest BCUT2D eigenvalue weighted by atomic mass is 32.2. The average molecular weight is 320 g/mol. The molecule has 1 fully saturated rings. The van der Waals surface area contributed by atoms with Crippen LogP contribution in [0.4, 0.5) is 0 Å². The second-order valence-electron chi connectivity index (χ2n) is 5.98. The van der Waals surface area contributed by atoms with Crippen LogP contribution in [0.5, 0.6) is 0 Å². The minimum Gasteiger partial charge on any atom is -0.360 e. The summed E-state index contributed by atoms with van der Waals surface area (Å²) < 4.78 is 32.8. The minimum atomic E-state index is -3.60. The molecule has 5 nitrogen and oxygen atoms in total. The molecule has 0 bridgehead atoms. The second-order valence-corrected chi connectivity index (χ2v) is 7.68. The van der Waals surface area contributed by atoms with E-state index in [1.165, 1.54) is 5.56 Å². The first-order chi connectivity index (χ1) is 10.4.